The Balaban J connectivity index is 0.00000433. The molecule has 6 aromatic carbocycles. The molecule has 11 rings (SSSR count). The summed E-state index contributed by atoms with van der Waals surface area (Å²) >= 11 is 0. The molecule has 5 nitrogen and oxygen atoms in total. The molecule has 2 aliphatic heterocycles. The first-order valence-electron chi connectivity index (χ1n) is 19.7. The number of phenols is 1. The summed E-state index contributed by atoms with van der Waals surface area (Å²) in [6.07, 6.45) is 6.30. The smallest absolute Gasteiger partial charge is 0.657 e. The van der Waals surface area contributed by atoms with E-state index in [-0.39, 0.29) is 22.8 Å². The Morgan fingerprint density at radius 3 is 1.28 bits per heavy atom. The summed E-state index contributed by atoms with van der Waals surface area (Å²) in [6.45, 7) is 0. The molecule has 0 saturated heterocycles. The molecule has 9 aromatic rings. The monoisotopic (exact) mass is 817 g/mol. The van der Waals surface area contributed by atoms with E-state index in [1.165, 1.54) is 0 Å². The summed E-state index contributed by atoms with van der Waals surface area (Å²) < 4.78 is 0. The van der Waals surface area contributed by atoms with E-state index in [9.17, 15) is 5.11 Å². The molecule has 0 amide bonds. The molecule has 5 heterocycles. The first kappa shape index (κ1) is 36.8. The summed E-state index contributed by atoms with van der Waals surface area (Å²) in [4.78, 5) is 21.9. The molecule has 8 bridgehead atoms. The fraction of sp³-hybridized carbons (Fsp3) is 0. The Kier molecular flexibility index (Phi) is 9.42. The summed E-state index contributed by atoms with van der Waals surface area (Å²) in [7, 11) is 0. The summed E-state index contributed by atoms with van der Waals surface area (Å²) in [6, 6.07) is 61.5. The van der Waals surface area contributed by atoms with Crippen molar-refractivity contribution in [1.29, 1.82) is 0 Å². The molecule has 0 atom stereocenters. The van der Waals surface area contributed by atoms with E-state index in [0.717, 1.165) is 100 Å². The fourth-order valence-corrected chi connectivity index (χ4v) is 8.50. The van der Waals surface area contributed by atoms with Crippen LogP contribution >= 0.6 is 0 Å². The van der Waals surface area contributed by atoms with Crippen molar-refractivity contribution < 1.29 is 22.2 Å². The minimum Gasteiger partial charge on any atom is -0.657 e. The Hall–Kier alpha value is -7.50. The fourth-order valence-electron chi connectivity index (χ4n) is 8.50. The van der Waals surface area contributed by atoms with E-state index in [4.69, 9.17) is 19.9 Å². The van der Waals surface area contributed by atoms with Crippen molar-refractivity contribution in [3.8, 4) is 50.3 Å². The second-order valence-corrected chi connectivity index (χ2v) is 14.7. The average molecular weight is 818 g/mol. The molecule has 0 unspecified atom stereocenters. The van der Waals surface area contributed by atoms with Gasteiger partial charge in [-0.3, -0.25) is 0 Å². The molecule has 287 valence electrons. The first-order valence-corrected chi connectivity index (χ1v) is 19.7. The normalized spacial score (nSPS) is 12.0. The van der Waals surface area contributed by atoms with Crippen LogP contribution in [0.4, 0.5) is 0 Å². The molecule has 0 spiro atoms. The molecule has 60 heavy (non-hydrogen) atoms. The van der Waals surface area contributed by atoms with Gasteiger partial charge in [-0.05, 0) is 79.6 Å². The van der Waals surface area contributed by atoms with Crippen LogP contribution in [-0.2, 0) is 17.1 Å². The molecule has 1 N–H and O–H groups in total. The third kappa shape index (κ3) is 6.36. The topological polar surface area (TPSA) is 74.2 Å². The average Bonchev–Trinajstić information content (AvgIpc) is 4.13. The van der Waals surface area contributed by atoms with Crippen molar-refractivity contribution in [3.63, 3.8) is 0 Å². The number of rotatable bonds is 5. The predicted octanol–water partition coefficient (Wildman–Crippen LogP) is 12.9. The molecule has 0 fully saturated rings. The number of fused-ring (bicyclic) bond motifs is 9. The minimum atomic E-state index is 0. The van der Waals surface area contributed by atoms with Crippen molar-refractivity contribution in [3.05, 3.63) is 210 Å². The van der Waals surface area contributed by atoms with Gasteiger partial charge < -0.3 is 15.1 Å². The zero-order valence-corrected chi connectivity index (χ0v) is 33.0. The van der Waals surface area contributed by atoms with E-state index < -0.39 is 0 Å². The van der Waals surface area contributed by atoms with Crippen LogP contribution in [0.2, 0.25) is 0 Å². The number of phenolic OH excluding ortho intramolecular Hbond substituents is 1. The van der Waals surface area contributed by atoms with Gasteiger partial charge in [-0.1, -0.05) is 176 Å². The van der Waals surface area contributed by atoms with Crippen molar-refractivity contribution in [1.82, 2.24) is 19.9 Å². The molecule has 0 aliphatic carbocycles. The van der Waals surface area contributed by atoms with Gasteiger partial charge in [0.2, 0.25) is 0 Å². The van der Waals surface area contributed by atoms with Gasteiger partial charge >= 0.3 is 17.1 Å². The second-order valence-electron chi connectivity index (χ2n) is 14.7. The van der Waals surface area contributed by atoms with E-state index in [2.05, 4.69) is 103 Å². The number of hydrogen-bond donors (Lipinski definition) is 1. The number of aromatic hydroxyl groups is 1. The van der Waals surface area contributed by atoms with Crippen molar-refractivity contribution in [2.75, 3.05) is 0 Å². The summed E-state index contributed by atoms with van der Waals surface area (Å²) in [5.41, 5.74) is 15.3. The van der Waals surface area contributed by atoms with Gasteiger partial charge in [0.05, 0.1) is 22.8 Å². The van der Waals surface area contributed by atoms with Crippen LogP contribution in [0.3, 0.4) is 0 Å². The van der Waals surface area contributed by atoms with Gasteiger partial charge in [-0.2, -0.15) is 0 Å². The Bertz CT molecular complexity index is 3310. The standard InChI is InChI=1S/C54H34N4O.Cu/c59-48-32-25-34-15-13-14-24-39(34)53(48)40-33-47-51(37-20-9-3-10-21-37)45-29-28-43(56-45)49(35-16-5-1-6-17-35)41-26-27-42(55-41)50(36-18-7-2-8-19-36)44-30-31-46(57-44)52(54(40)58-47)38-22-11-4-12-23-38;/h1-33H,(H-2,55,56,57,58,59);/q-2;+2. The molecule has 3 aromatic heterocycles. The maximum absolute atomic E-state index is 11.9. The number of aromatic nitrogens is 4. The van der Waals surface area contributed by atoms with E-state index in [1.54, 1.807) is 6.07 Å². The third-order valence-electron chi connectivity index (χ3n) is 11.1. The summed E-state index contributed by atoms with van der Waals surface area (Å²) in [5, 5.41) is 13.8. The third-order valence-corrected chi connectivity index (χ3v) is 11.1. The van der Waals surface area contributed by atoms with Crippen molar-refractivity contribution in [2.24, 2.45) is 0 Å². The SMILES string of the molecule is Oc1ccc2ccccc2c1C1=Cc2nc1c(-c1ccccc1)c1ccc([n-]1)c(-c1ccccc1)c1nc(c(-c3ccccc3)c3ccc([n-]3)c2-c2ccccc2)C=C1.[Cu+2]. The van der Waals surface area contributed by atoms with Gasteiger partial charge in [0.25, 0.3) is 0 Å². The first-order chi connectivity index (χ1) is 29.2. The van der Waals surface area contributed by atoms with Gasteiger partial charge in [-0.25, -0.2) is 9.97 Å². The van der Waals surface area contributed by atoms with Crippen LogP contribution in [0, 0.1) is 0 Å². The Morgan fingerprint density at radius 2 is 0.783 bits per heavy atom. The molecular formula is C54H34CuN4O. The van der Waals surface area contributed by atoms with Crippen LogP contribution in [0.1, 0.15) is 28.3 Å². The van der Waals surface area contributed by atoms with Gasteiger partial charge in [0, 0.05) is 11.1 Å². The quantitative estimate of drug-likeness (QED) is 0.175. The molecular weight excluding hydrogens is 784 g/mol. The van der Waals surface area contributed by atoms with E-state index in [1.807, 2.05) is 91.0 Å². The second kappa shape index (κ2) is 15.3. The van der Waals surface area contributed by atoms with Crippen molar-refractivity contribution >= 4 is 56.6 Å². The number of nitrogens with zero attached hydrogens (tertiary/aromatic N) is 4. The molecule has 6 heteroatoms. The largest absolute Gasteiger partial charge is 2.00 e. The Morgan fingerprint density at radius 1 is 0.367 bits per heavy atom. The number of benzene rings is 6. The maximum atomic E-state index is 11.9. The van der Waals surface area contributed by atoms with Gasteiger partial charge in [0.1, 0.15) is 5.75 Å². The van der Waals surface area contributed by atoms with Crippen LogP contribution in [0.15, 0.2) is 182 Å². The molecule has 0 saturated carbocycles. The van der Waals surface area contributed by atoms with Crippen molar-refractivity contribution in [2.45, 2.75) is 0 Å². The summed E-state index contributed by atoms with van der Waals surface area (Å²) in [5.74, 6) is 0.174. The van der Waals surface area contributed by atoms with Crippen LogP contribution in [-0.4, -0.2) is 15.1 Å². The van der Waals surface area contributed by atoms with Crippen LogP contribution < -0.4 is 9.97 Å². The van der Waals surface area contributed by atoms with E-state index in [0.29, 0.717) is 11.3 Å². The van der Waals surface area contributed by atoms with Gasteiger partial charge in [0.15, 0.2) is 0 Å². The van der Waals surface area contributed by atoms with Crippen LogP contribution in [0.5, 0.6) is 5.75 Å². The minimum absolute atomic E-state index is 0. The zero-order chi connectivity index (χ0) is 39.3. The maximum Gasteiger partial charge on any atom is 2.00 e. The van der Waals surface area contributed by atoms with Crippen LogP contribution in [0.25, 0.3) is 101 Å². The predicted molar refractivity (Wildman–Crippen MR) is 242 cm³/mol. The zero-order valence-electron chi connectivity index (χ0n) is 32.1. The molecule has 2 aliphatic rings. The molecule has 1 radical (unpaired) electrons. The number of hydrogen-bond acceptors (Lipinski definition) is 3. The Labute approximate surface area is 357 Å². The van der Waals surface area contributed by atoms with Gasteiger partial charge in [-0.15, -0.1) is 22.1 Å². The van der Waals surface area contributed by atoms with E-state index >= 15 is 0 Å².